The van der Waals surface area contributed by atoms with E-state index in [1.54, 1.807) is 56.5 Å². The van der Waals surface area contributed by atoms with Crippen LogP contribution in [0, 0.1) is 6.92 Å². The van der Waals surface area contributed by atoms with E-state index in [9.17, 15) is 63.6 Å². The van der Waals surface area contributed by atoms with Crippen molar-refractivity contribution in [2.45, 2.75) is 82.1 Å². The highest BCUT2D eigenvalue weighted by Gasteiger charge is 2.40. The molecule has 0 aliphatic carbocycles. The number of fused-ring (bicyclic) bond motifs is 1. The zero-order valence-electron chi connectivity index (χ0n) is 35.8. The molecule has 1 saturated heterocycles. The molecule has 1 aliphatic rings. The van der Waals surface area contributed by atoms with Gasteiger partial charge in [-0.25, -0.2) is 4.79 Å². The summed E-state index contributed by atoms with van der Waals surface area (Å²) in [4.78, 5) is 114. The minimum atomic E-state index is -1.73. The summed E-state index contributed by atoms with van der Waals surface area (Å²) in [5, 5.41) is 54.0. The number of benzene rings is 2. The summed E-state index contributed by atoms with van der Waals surface area (Å²) < 4.78 is 6.77. The van der Waals surface area contributed by atoms with E-state index in [2.05, 4.69) is 15.6 Å². The van der Waals surface area contributed by atoms with Gasteiger partial charge in [0, 0.05) is 34.8 Å². The Bertz CT molecular complexity index is 2330. The van der Waals surface area contributed by atoms with Crippen molar-refractivity contribution < 1.29 is 73.4 Å². The second-order valence-corrected chi connectivity index (χ2v) is 15.2. The minimum absolute atomic E-state index is 0.00462. The summed E-state index contributed by atoms with van der Waals surface area (Å²) in [7, 11) is 1.54. The van der Waals surface area contributed by atoms with Crippen LogP contribution < -0.4 is 37.9 Å². The molecule has 66 heavy (non-hydrogen) atoms. The van der Waals surface area contributed by atoms with Gasteiger partial charge in [0.15, 0.2) is 5.96 Å². The molecule has 1 aromatic heterocycles. The quantitative estimate of drug-likeness (QED) is 0.0338. The van der Waals surface area contributed by atoms with E-state index in [-0.39, 0.29) is 50.6 Å². The summed E-state index contributed by atoms with van der Waals surface area (Å²) in [6, 6.07) is 4.37. The first kappa shape index (κ1) is 53.0. The first-order chi connectivity index (χ1) is 31.1. The average Bonchev–Trinajstić information content (AvgIpc) is 3.85. The summed E-state index contributed by atoms with van der Waals surface area (Å²) in [6.07, 6.45) is -1.24. The third kappa shape index (κ3) is 14.9. The number of nitrogens with one attached hydrogen (secondary N) is 3. The number of nitrogens with two attached hydrogens (primary N) is 3. The first-order valence-corrected chi connectivity index (χ1v) is 20.5. The number of guanidine groups is 1. The third-order valence-corrected chi connectivity index (χ3v) is 10.4. The average molecular weight is 946 g/mol. The van der Waals surface area contributed by atoms with Gasteiger partial charge in [0.05, 0.1) is 44.5 Å². The van der Waals surface area contributed by atoms with E-state index < -0.39 is 97.2 Å². The fourth-order valence-electron chi connectivity index (χ4n) is 6.88. The lowest BCUT2D eigenvalue weighted by molar-refractivity contribution is -0.147. The van der Waals surface area contributed by atoms with Crippen molar-refractivity contribution in [2.75, 3.05) is 26.8 Å². The van der Waals surface area contributed by atoms with E-state index in [1.165, 1.54) is 4.57 Å². The molecular formula is C41H52ClN9O15. The number of nitrogens with zero attached hydrogens (tertiary/aromatic N) is 3. The zero-order chi connectivity index (χ0) is 49.4. The van der Waals surface area contributed by atoms with Gasteiger partial charge in [-0.05, 0) is 80.6 Å². The Morgan fingerprint density at radius 3 is 2.06 bits per heavy atom. The fourth-order valence-corrected chi connectivity index (χ4v) is 7.01. The monoisotopic (exact) mass is 945 g/mol. The van der Waals surface area contributed by atoms with Crippen LogP contribution in [0.15, 0.2) is 47.5 Å². The number of aliphatic imine (C=N–C) groups is 1. The number of amides is 4. The number of rotatable bonds is 21. The number of carboxylic acid groups (broad SMARTS) is 4. The van der Waals surface area contributed by atoms with Crippen LogP contribution >= 0.6 is 11.6 Å². The van der Waals surface area contributed by atoms with Crippen LogP contribution in [-0.2, 0) is 44.8 Å². The van der Waals surface area contributed by atoms with Crippen LogP contribution in [0.5, 0.6) is 5.75 Å². The molecule has 3 aromatic rings. The molecule has 25 heteroatoms. The second kappa shape index (κ2) is 24.7. The number of aliphatic carboxylic acids is 4. The Hall–Kier alpha value is -7.31. The molecule has 0 bridgehead atoms. The van der Waals surface area contributed by atoms with Crippen molar-refractivity contribution in [3.05, 3.63) is 64.3 Å². The first-order valence-electron chi connectivity index (χ1n) is 20.1. The van der Waals surface area contributed by atoms with Crippen molar-refractivity contribution >= 4 is 81.9 Å². The minimum Gasteiger partial charge on any atom is -0.497 e. The van der Waals surface area contributed by atoms with Crippen LogP contribution in [0.25, 0.3) is 10.9 Å². The van der Waals surface area contributed by atoms with E-state index in [0.717, 1.165) is 4.90 Å². The number of aromatic nitrogens is 1. The normalized spacial score (nSPS) is 14.9. The van der Waals surface area contributed by atoms with Crippen molar-refractivity contribution in [1.82, 2.24) is 25.4 Å². The molecule has 24 nitrogen and oxygen atoms in total. The standard InChI is InChI=1S/C22H36N8O11.C19H16ClNO4/c23-10(7-15(32)33)17(36)29-13(9-31)18(37)28-12(8-16(34)35)20(39)30-6-2-4-14(30)19(38)27-11(21(40)41)3-1-5-26-22(24)25;1-11-15(10-18(22)23)16-9-14(25-2)7-8-17(16)21(11)19(24)12-3-5-13(20)6-4-12/h10-14,31H,1-9,23H2,(H,27,38)(H,28,37)(H,29,36)(H,32,33)(H,34,35)(H,40,41)(H4,24,25,26);3-9H,10H2,1-2H3,(H,22,23)/t10-,11-,12-,13-,14-;/m0./s1. The topological polar surface area (TPSA) is 399 Å². The summed E-state index contributed by atoms with van der Waals surface area (Å²) in [5.74, 6) is -9.03. The highest BCUT2D eigenvalue weighted by atomic mass is 35.5. The van der Waals surface area contributed by atoms with Gasteiger partial charge in [0.25, 0.3) is 5.91 Å². The maximum Gasteiger partial charge on any atom is 0.326 e. The number of carbonyl (C=O) groups is 9. The van der Waals surface area contributed by atoms with Gasteiger partial charge in [-0.15, -0.1) is 0 Å². The molecule has 358 valence electrons. The van der Waals surface area contributed by atoms with Gasteiger partial charge in [-0.3, -0.25) is 47.9 Å². The molecule has 4 rings (SSSR count). The van der Waals surface area contributed by atoms with Crippen molar-refractivity contribution in [2.24, 2.45) is 22.2 Å². The van der Waals surface area contributed by atoms with Crippen LogP contribution in [0.4, 0.5) is 0 Å². The number of carbonyl (C=O) groups excluding carboxylic acids is 5. The zero-order valence-corrected chi connectivity index (χ0v) is 36.5. The van der Waals surface area contributed by atoms with Crippen molar-refractivity contribution in [1.29, 1.82) is 0 Å². The lowest BCUT2D eigenvalue weighted by Crippen LogP contribution is -2.59. The fraction of sp³-hybridized carbons (Fsp3) is 0.415. The number of aliphatic hydroxyl groups excluding tert-OH is 1. The molecular weight excluding hydrogens is 894 g/mol. The Balaban J connectivity index is 0.000000391. The van der Waals surface area contributed by atoms with Crippen molar-refractivity contribution in [3.63, 3.8) is 0 Å². The largest absolute Gasteiger partial charge is 0.497 e. The number of hydrogen-bond donors (Lipinski definition) is 11. The van der Waals surface area contributed by atoms with Gasteiger partial charge < -0.3 is 68.3 Å². The second-order valence-electron chi connectivity index (χ2n) is 14.8. The van der Waals surface area contributed by atoms with Gasteiger partial charge in [-0.1, -0.05) is 11.6 Å². The number of aliphatic hydroxyl groups is 1. The maximum absolute atomic E-state index is 13.3. The summed E-state index contributed by atoms with van der Waals surface area (Å²) in [5.41, 5.74) is 18.2. The maximum atomic E-state index is 13.3. The van der Waals surface area contributed by atoms with Gasteiger partial charge in [0.2, 0.25) is 23.6 Å². The van der Waals surface area contributed by atoms with Gasteiger partial charge in [0.1, 0.15) is 29.9 Å². The van der Waals surface area contributed by atoms with Crippen LogP contribution in [0.3, 0.4) is 0 Å². The number of methoxy groups -OCH3 is 1. The Kier molecular flexibility index (Phi) is 19.8. The Morgan fingerprint density at radius 1 is 0.864 bits per heavy atom. The summed E-state index contributed by atoms with van der Waals surface area (Å²) in [6.45, 7) is 0.862. The number of likely N-dealkylation sites (tertiary alicyclic amines) is 1. The van der Waals surface area contributed by atoms with Crippen LogP contribution in [-0.4, -0.2) is 151 Å². The molecule has 2 aromatic carbocycles. The summed E-state index contributed by atoms with van der Waals surface area (Å²) >= 11 is 5.89. The van der Waals surface area contributed by atoms with Gasteiger partial charge in [-0.2, -0.15) is 0 Å². The molecule has 14 N–H and O–H groups in total. The Morgan fingerprint density at radius 2 is 1.50 bits per heavy atom. The van der Waals surface area contributed by atoms with E-state index in [1.807, 2.05) is 5.32 Å². The van der Waals surface area contributed by atoms with Crippen molar-refractivity contribution in [3.8, 4) is 5.75 Å². The van der Waals surface area contributed by atoms with E-state index in [0.29, 0.717) is 44.9 Å². The lowest BCUT2D eigenvalue weighted by atomic mass is 10.1. The molecule has 0 saturated carbocycles. The van der Waals surface area contributed by atoms with E-state index in [4.69, 9.17) is 38.6 Å². The van der Waals surface area contributed by atoms with Crippen LogP contribution in [0.1, 0.15) is 60.1 Å². The molecule has 1 aliphatic heterocycles. The van der Waals surface area contributed by atoms with Crippen LogP contribution in [0.2, 0.25) is 5.02 Å². The Labute approximate surface area is 381 Å². The number of ether oxygens (including phenoxy) is 1. The van der Waals surface area contributed by atoms with E-state index >= 15 is 0 Å². The smallest absolute Gasteiger partial charge is 0.326 e. The third-order valence-electron chi connectivity index (χ3n) is 10.1. The number of halogens is 1. The predicted octanol–water partition coefficient (Wildman–Crippen LogP) is -1.23. The number of carboxylic acids is 4. The molecule has 0 radical (unpaired) electrons. The molecule has 0 unspecified atom stereocenters. The predicted molar refractivity (Wildman–Crippen MR) is 233 cm³/mol. The SMILES string of the molecule is COc1ccc2c(c1)c(CC(=O)O)c(C)n2C(=O)c1ccc(Cl)cc1.NC(N)=NCCC[C@H](NC(=O)[C@@H]1CCCN1C(=O)[C@H](CC(=O)O)NC(=O)[C@H](CO)NC(=O)[C@@H](N)CC(=O)O)C(=O)O. The van der Waals surface area contributed by atoms with Gasteiger partial charge >= 0.3 is 23.9 Å². The molecule has 2 heterocycles. The molecule has 1 fully saturated rings. The number of hydrogen-bond acceptors (Lipinski definition) is 13. The highest BCUT2D eigenvalue weighted by molar-refractivity contribution is 6.30. The molecule has 5 atom stereocenters. The molecule has 0 spiro atoms. The lowest BCUT2D eigenvalue weighted by Gasteiger charge is -2.29. The molecule has 4 amide bonds. The highest BCUT2D eigenvalue weighted by Crippen LogP contribution is 2.31.